The molecule has 28 heavy (non-hydrogen) atoms. The van der Waals surface area contributed by atoms with Crippen LogP contribution in [-0.4, -0.2) is 36.7 Å². The molecule has 146 valence electrons. The molecular weight excluding hydrogens is 374 g/mol. The molecule has 0 saturated carbocycles. The van der Waals surface area contributed by atoms with Crippen LogP contribution in [0.5, 0.6) is 0 Å². The molecule has 0 radical (unpaired) electrons. The van der Waals surface area contributed by atoms with Gasteiger partial charge in [0.1, 0.15) is 0 Å². The zero-order valence-electron chi connectivity index (χ0n) is 15.7. The van der Waals surface area contributed by atoms with Crippen LogP contribution < -0.4 is 5.32 Å². The molecule has 7 heteroatoms. The van der Waals surface area contributed by atoms with E-state index in [1.807, 2.05) is 24.3 Å². The summed E-state index contributed by atoms with van der Waals surface area (Å²) in [5.41, 5.74) is 2.55. The molecule has 0 aliphatic carbocycles. The highest BCUT2D eigenvalue weighted by Crippen LogP contribution is 2.27. The Kier molecular flexibility index (Phi) is 4.95. The van der Waals surface area contributed by atoms with E-state index in [4.69, 9.17) is 0 Å². The molecule has 1 aromatic heterocycles. The van der Waals surface area contributed by atoms with Crippen LogP contribution in [0.2, 0.25) is 0 Å². The summed E-state index contributed by atoms with van der Waals surface area (Å²) in [6.45, 7) is 2.88. The molecule has 2 N–H and O–H groups in total. The molecule has 1 aliphatic heterocycles. The van der Waals surface area contributed by atoms with E-state index in [9.17, 15) is 13.2 Å². The average molecular weight is 398 g/mol. The molecule has 3 aromatic rings. The molecule has 1 fully saturated rings. The van der Waals surface area contributed by atoms with Gasteiger partial charge in [-0.3, -0.25) is 4.79 Å². The van der Waals surface area contributed by atoms with Gasteiger partial charge in [-0.05, 0) is 43.5 Å². The zero-order valence-corrected chi connectivity index (χ0v) is 16.6. The summed E-state index contributed by atoms with van der Waals surface area (Å²) in [4.78, 5) is 16.1. The second-order valence-electron chi connectivity index (χ2n) is 7.15. The van der Waals surface area contributed by atoms with Gasteiger partial charge in [0.15, 0.2) is 0 Å². The number of carbonyl (C=O) groups excluding carboxylic acids is 1. The Hall–Kier alpha value is -2.64. The smallest absolute Gasteiger partial charge is 0.257 e. The predicted molar refractivity (Wildman–Crippen MR) is 110 cm³/mol. The van der Waals surface area contributed by atoms with Gasteiger partial charge in [0.25, 0.3) is 5.91 Å². The van der Waals surface area contributed by atoms with Crippen molar-refractivity contribution in [3.05, 3.63) is 59.8 Å². The van der Waals surface area contributed by atoms with Crippen LogP contribution in [0.25, 0.3) is 10.9 Å². The number of piperidine rings is 1. The molecule has 0 spiro atoms. The second-order valence-corrected chi connectivity index (χ2v) is 9.05. The van der Waals surface area contributed by atoms with Crippen molar-refractivity contribution in [2.45, 2.75) is 31.1 Å². The lowest BCUT2D eigenvalue weighted by atomic mass is 10.1. The fourth-order valence-corrected chi connectivity index (χ4v) is 5.43. The number of rotatable bonds is 4. The first-order valence-electron chi connectivity index (χ1n) is 9.45. The van der Waals surface area contributed by atoms with E-state index in [1.54, 1.807) is 35.6 Å². The van der Waals surface area contributed by atoms with Crippen molar-refractivity contribution >= 4 is 32.5 Å². The van der Waals surface area contributed by atoms with Crippen LogP contribution in [0.3, 0.4) is 0 Å². The van der Waals surface area contributed by atoms with Crippen LogP contribution in [0, 0.1) is 6.92 Å². The van der Waals surface area contributed by atoms with E-state index in [0.717, 1.165) is 30.2 Å². The Labute approximate surface area is 164 Å². The van der Waals surface area contributed by atoms with Crippen molar-refractivity contribution in [1.29, 1.82) is 0 Å². The normalized spacial score (nSPS) is 15.6. The molecule has 1 aliphatic rings. The van der Waals surface area contributed by atoms with E-state index < -0.39 is 10.0 Å². The van der Waals surface area contributed by atoms with Gasteiger partial charge in [-0.25, -0.2) is 8.42 Å². The molecule has 1 amide bonds. The van der Waals surface area contributed by atoms with Gasteiger partial charge < -0.3 is 10.3 Å². The number of carbonyl (C=O) groups is 1. The third-order valence-corrected chi connectivity index (χ3v) is 7.25. The summed E-state index contributed by atoms with van der Waals surface area (Å²) < 4.78 is 27.7. The Bertz CT molecular complexity index is 1130. The number of aryl methyl sites for hydroxylation is 1. The summed E-state index contributed by atoms with van der Waals surface area (Å²) in [6, 6.07) is 12.6. The molecule has 2 aromatic carbocycles. The van der Waals surface area contributed by atoms with E-state index >= 15 is 0 Å². The number of benzene rings is 2. The number of fused-ring (bicyclic) bond motifs is 1. The number of H-pyrrole nitrogens is 1. The third kappa shape index (κ3) is 3.43. The van der Waals surface area contributed by atoms with Gasteiger partial charge in [-0.1, -0.05) is 30.7 Å². The lowest BCUT2D eigenvalue weighted by Gasteiger charge is -2.26. The fraction of sp³-hybridized carbons (Fsp3) is 0.286. The summed E-state index contributed by atoms with van der Waals surface area (Å²) in [7, 11) is -3.56. The lowest BCUT2D eigenvalue weighted by Crippen LogP contribution is -2.36. The monoisotopic (exact) mass is 397 g/mol. The number of nitrogens with zero attached hydrogens (tertiary/aromatic N) is 1. The van der Waals surface area contributed by atoms with Crippen molar-refractivity contribution in [2.75, 3.05) is 18.4 Å². The number of aromatic nitrogens is 1. The third-order valence-electron chi connectivity index (χ3n) is 5.21. The summed E-state index contributed by atoms with van der Waals surface area (Å²) in [5, 5.41) is 3.66. The zero-order chi connectivity index (χ0) is 19.7. The average Bonchev–Trinajstić information content (AvgIpc) is 3.14. The number of para-hydroxylation sites is 1. The predicted octanol–water partition coefficient (Wildman–Crippen LogP) is 3.90. The van der Waals surface area contributed by atoms with E-state index in [2.05, 4.69) is 10.3 Å². The molecule has 6 nitrogen and oxygen atoms in total. The van der Waals surface area contributed by atoms with Crippen LogP contribution in [0.1, 0.15) is 35.2 Å². The minimum Gasteiger partial charge on any atom is -0.360 e. The van der Waals surface area contributed by atoms with E-state index in [0.29, 0.717) is 29.9 Å². The van der Waals surface area contributed by atoms with Crippen LogP contribution >= 0.6 is 0 Å². The number of hydrogen-bond donors (Lipinski definition) is 2. The quantitative estimate of drug-likeness (QED) is 0.700. The highest BCUT2D eigenvalue weighted by molar-refractivity contribution is 7.89. The topological polar surface area (TPSA) is 82.3 Å². The fourth-order valence-electron chi connectivity index (χ4n) is 3.66. The van der Waals surface area contributed by atoms with Gasteiger partial charge in [0, 0.05) is 35.9 Å². The second kappa shape index (κ2) is 7.41. The van der Waals surface area contributed by atoms with Gasteiger partial charge >= 0.3 is 0 Å². The number of aromatic amines is 1. The summed E-state index contributed by atoms with van der Waals surface area (Å²) in [5.74, 6) is -0.275. The molecule has 2 heterocycles. The van der Waals surface area contributed by atoms with Crippen LogP contribution in [-0.2, 0) is 10.0 Å². The standard InChI is InChI=1S/C21H23N3O3S/c1-15-9-10-16(13-20(15)28(26,27)24-11-5-2-6-12-24)23-21(25)18-14-22-19-8-4-3-7-17(18)19/h3-4,7-10,13-14,22H,2,5-6,11-12H2,1H3,(H,23,25). The first-order valence-corrected chi connectivity index (χ1v) is 10.9. The number of anilines is 1. The number of sulfonamides is 1. The molecular formula is C21H23N3O3S. The minimum atomic E-state index is -3.56. The molecule has 0 unspecified atom stereocenters. The maximum atomic E-state index is 13.1. The number of hydrogen-bond acceptors (Lipinski definition) is 3. The maximum absolute atomic E-state index is 13.1. The Morgan fingerprint density at radius 2 is 1.82 bits per heavy atom. The first-order chi connectivity index (χ1) is 13.5. The molecule has 0 bridgehead atoms. The van der Waals surface area contributed by atoms with Crippen LogP contribution in [0.4, 0.5) is 5.69 Å². The first kappa shape index (κ1) is 18.7. The Morgan fingerprint density at radius 3 is 2.61 bits per heavy atom. The largest absolute Gasteiger partial charge is 0.360 e. The maximum Gasteiger partial charge on any atom is 0.257 e. The molecule has 1 saturated heterocycles. The van der Waals surface area contributed by atoms with Crippen molar-refractivity contribution in [1.82, 2.24) is 9.29 Å². The van der Waals surface area contributed by atoms with Crippen molar-refractivity contribution in [2.24, 2.45) is 0 Å². The Balaban J connectivity index is 1.63. The lowest BCUT2D eigenvalue weighted by molar-refractivity contribution is 0.102. The molecule has 0 atom stereocenters. The SMILES string of the molecule is Cc1ccc(NC(=O)c2c[nH]c3ccccc23)cc1S(=O)(=O)N1CCCCC1. The van der Waals surface area contributed by atoms with Crippen LogP contribution in [0.15, 0.2) is 53.6 Å². The van der Waals surface area contributed by atoms with Crippen molar-refractivity contribution in [3.8, 4) is 0 Å². The van der Waals surface area contributed by atoms with Crippen molar-refractivity contribution < 1.29 is 13.2 Å². The van der Waals surface area contributed by atoms with E-state index in [1.165, 1.54) is 0 Å². The highest BCUT2D eigenvalue weighted by atomic mass is 32.2. The summed E-state index contributed by atoms with van der Waals surface area (Å²) >= 11 is 0. The van der Waals surface area contributed by atoms with Gasteiger partial charge in [-0.2, -0.15) is 4.31 Å². The van der Waals surface area contributed by atoms with Gasteiger partial charge in [0.05, 0.1) is 10.5 Å². The van der Waals surface area contributed by atoms with Crippen molar-refractivity contribution in [3.63, 3.8) is 0 Å². The van der Waals surface area contributed by atoms with Gasteiger partial charge in [-0.15, -0.1) is 0 Å². The van der Waals surface area contributed by atoms with Gasteiger partial charge in [0.2, 0.25) is 10.0 Å². The number of amides is 1. The highest BCUT2D eigenvalue weighted by Gasteiger charge is 2.27. The summed E-state index contributed by atoms with van der Waals surface area (Å²) in [6.07, 6.45) is 4.50. The number of nitrogens with one attached hydrogen (secondary N) is 2. The molecule has 4 rings (SSSR count). The Morgan fingerprint density at radius 1 is 1.07 bits per heavy atom. The minimum absolute atomic E-state index is 0.256. The van der Waals surface area contributed by atoms with E-state index in [-0.39, 0.29) is 10.8 Å².